The molecule has 0 unspecified atom stereocenters. The number of fused-ring (bicyclic) bond motifs is 1. The third kappa shape index (κ3) is 4.80. The normalized spacial score (nSPS) is 19.2. The number of aryl methyl sites for hydroxylation is 1. The number of carbonyl (C=O) groups excluding carboxylic acids is 1. The second-order valence-corrected chi connectivity index (χ2v) is 6.92. The minimum atomic E-state index is -5.08. The van der Waals surface area contributed by atoms with E-state index in [0.717, 1.165) is 30.3 Å². The molecule has 28 heavy (non-hydrogen) atoms. The summed E-state index contributed by atoms with van der Waals surface area (Å²) in [5.41, 5.74) is 1.51. The van der Waals surface area contributed by atoms with E-state index in [9.17, 15) is 18.0 Å². The topological polar surface area (TPSA) is 119 Å². The second kappa shape index (κ2) is 8.17. The number of halogens is 3. The average Bonchev–Trinajstić information content (AvgIpc) is 2.51. The smallest absolute Gasteiger partial charge is 0.475 e. The summed E-state index contributed by atoms with van der Waals surface area (Å²) >= 11 is 0. The molecular weight excluding hydrogens is 381 g/mol. The van der Waals surface area contributed by atoms with Gasteiger partial charge in [0.2, 0.25) is 11.9 Å². The van der Waals surface area contributed by atoms with E-state index in [2.05, 4.69) is 25.9 Å². The first kappa shape index (κ1) is 21.7. The number of carboxylic acid groups (broad SMARTS) is 1. The van der Waals surface area contributed by atoms with Crippen molar-refractivity contribution < 1.29 is 27.9 Å². The van der Waals surface area contributed by atoms with Crippen molar-refractivity contribution in [2.75, 3.05) is 35.7 Å². The van der Waals surface area contributed by atoms with Gasteiger partial charge in [-0.3, -0.25) is 4.79 Å². The van der Waals surface area contributed by atoms with Crippen molar-refractivity contribution in [2.45, 2.75) is 39.0 Å². The van der Waals surface area contributed by atoms with Crippen LogP contribution in [0.1, 0.15) is 19.5 Å². The van der Waals surface area contributed by atoms with Gasteiger partial charge in [-0.15, -0.1) is 0 Å². The number of nitrogens with one attached hydrogen (secondary N) is 3. The Labute approximate surface area is 159 Å². The van der Waals surface area contributed by atoms with Crippen LogP contribution in [0.5, 0.6) is 0 Å². The van der Waals surface area contributed by atoms with Crippen LogP contribution in [-0.2, 0) is 9.59 Å². The predicted octanol–water partition coefficient (Wildman–Crippen LogP) is 1.21. The van der Waals surface area contributed by atoms with Gasteiger partial charge in [-0.2, -0.15) is 18.2 Å². The quantitative estimate of drug-likeness (QED) is 0.594. The van der Waals surface area contributed by atoms with Crippen molar-refractivity contribution >= 4 is 29.3 Å². The number of carbonyl (C=O) groups is 2. The van der Waals surface area contributed by atoms with E-state index < -0.39 is 12.1 Å². The summed E-state index contributed by atoms with van der Waals surface area (Å²) in [5, 5.41) is 16.6. The molecule has 0 aliphatic carbocycles. The average molecular weight is 404 g/mol. The van der Waals surface area contributed by atoms with Crippen LogP contribution >= 0.6 is 0 Å². The van der Waals surface area contributed by atoms with Crippen molar-refractivity contribution in [1.82, 2.24) is 15.3 Å². The predicted molar refractivity (Wildman–Crippen MR) is 96.4 cm³/mol. The van der Waals surface area contributed by atoms with Gasteiger partial charge in [-0.05, 0) is 12.8 Å². The van der Waals surface area contributed by atoms with Crippen molar-refractivity contribution in [1.29, 1.82) is 0 Å². The molecule has 1 amide bonds. The summed E-state index contributed by atoms with van der Waals surface area (Å²) in [4.78, 5) is 32.2. The number of hydrogen-bond donors (Lipinski definition) is 4. The Balaban J connectivity index is 0.000000345. The molecule has 0 aromatic carbocycles. The fourth-order valence-corrected chi connectivity index (χ4v) is 2.85. The van der Waals surface area contributed by atoms with Crippen LogP contribution in [0.3, 0.4) is 0 Å². The van der Waals surface area contributed by atoms with E-state index >= 15 is 0 Å². The van der Waals surface area contributed by atoms with E-state index in [1.807, 2.05) is 32.7 Å². The van der Waals surface area contributed by atoms with Crippen LogP contribution in [0, 0.1) is 12.8 Å². The molecule has 1 atom stereocenters. The highest BCUT2D eigenvalue weighted by Crippen LogP contribution is 2.34. The number of rotatable bonds is 3. The van der Waals surface area contributed by atoms with Gasteiger partial charge in [0.25, 0.3) is 0 Å². The summed E-state index contributed by atoms with van der Waals surface area (Å²) in [6, 6.07) is 0.178. The number of aromatic nitrogens is 2. The summed E-state index contributed by atoms with van der Waals surface area (Å²) in [5.74, 6) is -1.12. The molecule has 0 spiro atoms. The van der Waals surface area contributed by atoms with Gasteiger partial charge in [0.1, 0.15) is 11.7 Å². The Hall–Kier alpha value is -2.63. The molecule has 0 bridgehead atoms. The molecule has 1 fully saturated rings. The lowest BCUT2D eigenvalue weighted by molar-refractivity contribution is -0.192. The maximum Gasteiger partial charge on any atom is 0.490 e. The molecule has 0 saturated carbocycles. The monoisotopic (exact) mass is 404 g/mol. The number of alkyl halides is 3. The highest BCUT2D eigenvalue weighted by Gasteiger charge is 2.38. The number of hydrogen-bond acceptors (Lipinski definition) is 7. The Morgan fingerprint density at radius 3 is 2.32 bits per heavy atom. The van der Waals surface area contributed by atoms with Crippen LogP contribution < -0.4 is 20.9 Å². The van der Waals surface area contributed by atoms with Gasteiger partial charge in [0.15, 0.2) is 5.82 Å². The molecule has 2 aliphatic rings. The summed E-state index contributed by atoms with van der Waals surface area (Å²) in [6.45, 7) is 7.84. The lowest BCUT2D eigenvalue weighted by atomic mass is 9.99. The van der Waals surface area contributed by atoms with Crippen molar-refractivity contribution in [3.63, 3.8) is 0 Å². The minimum absolute atomic E-state index is 0.00982. The highest BCUT2D eigenvalue weighted by molar-refractivity contribution is 6.03. The SMILES string of the molecule is Cc1nc(NC2CNC2)nc2c1NC(=O)[C@H](C(C)C)N2C.O=C(O)C(F)(F)F. The van der Waals surface area contributed by atoms with E-state index in [1.54, 1.807) is 0 Å². The first-order chi connectivity index (χ1) is 12.9. The molecule has 9 nitrogen and oxygen atoms in total. The van der Waals surface area contributed by atoms with Gasteiger partial charge in [0, 0.05) is 20.1 Å². The van der Waals surface area contributed by atoms with E-state index in [1.165, 1.54) is 0 Å². The van der Waals surface area contributed by atoms with Crippen LogP contribution in [0.2, 0.25) is 0 Å². The Bertz CT molecular complexity index is 752. The molecule has 0 radical (unpaired) electrons. The lowest BCUT2D eigenvalue weighted by Crippen LogP contribution is -2.52. The standard InChI is InChI=1S/C14H22N6O.C2HF3O2/c1-7(2)11-13(21)18-10-8(3)16-14(17-9-5-15-6-9)19-12(10)20(11)4;3-2(4,5)1(6)7/h7,9,11,15H,5-6H2,1-4H3,(H,18,21)(H,16,17,19);(H,6,7)/t11-;/m0./s1. The minimum Gasteiger partial charge on any atom is -0.475 e. The Morgan fingerprint density at radius 2 is 1.89 bits per heavy atom. The first-order valence-corrected chi connectivity index (χ1v) is 8.61. The van der Waals surface area contributed by atoms with Crippen LogP contribution in [0.4, 0.5) is 30.6 Å². The number of carboxylic acids is 1. The number of likely N-dealkylation sites (N-methyl/N-ethyl adjacent to an activating group) is 1. The van der Waals surface area contributed by atoms with Crippen molar-refractivity contribution in [3.05, 3.63) is 5.69 Å². The van der Waals surface area contributed by atoms with Gasteiger partial charge in [-0.25, -0.2) is 9.78 Å². The fraction of sp³-hybridized carbons (Fsp3) is 0.625. The van der Waals surface area contributed by atoms with Crippen molar-refractivity contribution in [2.24, 2.45) is 5.92 Å². The molecule has 12 heteroatoms. The molecule has 1 saturated heterocycles. The van der Waals surface area contributed by atoms with Gasteiger partial charge >= 0.3 is 12.1 Å². The molecule has 1 aromatic rings. The molecule has 4 N–H and O–H groups in total. The zero-order chi connectivity index (χ0) is 21.2. The molecule has 1 aromatic heterocycles. The maximum atomic E-state index is 12.2. The number of amides is 1. The fourth-order valence-electron chi connectivity index (χ4n) is 2.85. The zero-order valence-corrected chi connectivity index (χ0v) is 15.9. The van der Waals surface area contributed by atoms with Crippen LogP contribution in [-0.4, -0.2) is 65.3 Å². The molecule has 3 heterocycles. The van der Waals surface area contributed by atoms with E-state index in [-0.39, 0.29) is 17.9 Å². The summed E-state index contributed by atoms with van der Waals surface area (Å²) in [6.07, 6.45) is -5.08. The number of nitrogens with zero attached hydrogens (tertiary/aromatic N) is 3. The van der Waals surface area contributed by atoms with Crippen LogP contribution in [0.25, 0.3) is 0 Å². The van der Waals surface area contributed by atoms with E-state index in [0.29, 0.717) is 12.0 Å². The zero-order valence-electron chi connectivity index (χ0n) is 15.9. The van der Waals surface area contributed by atoms with Crippen molar-refractivity contribution in [3.8, 4) is 0 Å². The van der Waals surface area contributed by atoms with E-state index in [4.69, 9.17) is 9.90 Å². The van der Waals surface area contributed by atoms with Gasteiger partial charge < -0.3 is 26.0 Å². The van der Waals surface area contributed by atoms with Gasteiger partial charge in [0.05, 0.1) is 11.7 Å². The van der Waals surface area contributed by atoms with Crippen LogP contribution in [0.15, 0.2) is 0 Å². The number of anilines is 3. The van der Waals surface area contributed by atoms with Gasteiger partial charge in [-0.1, -0.05) is 13.8 Å². The molecular formula is C16H23F3N6O3. The molecule has 2 aliphatic heterocycles. The maximum absolute atomic E-state index is 12.2. The molecule has 3 rings (SSSR count). The molecule has 156 valence electrons. The highest BCUT2D eigenvalue weighted by atomic mass is 19.4. The Kier molecular flexibility index (Phi) is 6.32. The second-order valence-electron chi connectivity index (χ2n) is 6.92. The summed E-state index contributed by atoms with van der Waals surface area (Å²) < 4.78 is 31.7. The summed E-state index contributed by atoms with van der Waals surface area (Å²) in [7, 11) is 1.92. The third-order valence-corrected chi connectivity index (χ3v) is 4.33. The lowest BCUT2D eigenvalue weighted by Gasteiger charge is -2.37. The number of aliphatic carboxylic acids is 1. The Morgan fingerprint density at radius 1 is 1.32 bits per heavy atom. The largest absolute Gasteiger partial charge is 0.490 e. The third-order valence-electron chi connectivity index (χ3n) is 4.33. The first-order valence-electron chi connectivity index (χ1n) is 8.61.